The molecule has 0 spiro atoms. The predicted octanol–water partition coefficient (Wildman–Crippen LogP) is -1.22. The quantitative estimate of drug-likeness (QED) is 0.125. The van der Waals surface area contributed by atoms with E-state index >= 15 is 0 Å². The van der Waals surface area contributed by atoms with E-state index in [-0.39, 0.29) is 38.6 Å². The second-order valence-corrected chi connectivity index (χ2v) is 8.02. The molecule has 0 saturated heterocycles. The van der Waals surface area contributed by atoms with E-state index < -0.39 is 65.9 Å². The highest BCUT2D eigenvalue weighted by molar-refractivity contribution is 5.93. The summed E-state index contributed by atoms with van der Waals surface area (Å²) in [6.07, 6.45) is -5.21. The molecular formula is C21H34F3N5O8. The lowest BCUT2D eigenvalue weighted by molar-refractivity contribution is -0.173. The van der Waals surface area contributed by atoms with E-state index in [2.05, 4.69) is 25.4 Å². The van der Waals surface area contributed by atoms with Crippen molar-refractivity contribution in [1.82, 2.24) is 21.3 Å². The second kappa shape index (κ2) is 16.3. The van der Waals surface area contributed by atoms with Crippen molar-refractivity contribution in [2.24, 2.45) is 5.73 Å². The van der Waals surface area contributed by atoms with Crippen molar-refractivity contribution in [3.8, 4) is 0 Å². The summed E-state index contributed by atoms with van der Waals surface area (Å²) in [7, 11) is 2.26. The molecule has 0 unspecified atom stereocenters. The van der Waals surface area contributed by atoms with E-state index in [1.165, 1.54) is 13.8 Å². The monoisotopic (exact) mass is 541 g/mol. The molecule has 0 aromatic heterocycles. The van der Waals surface area contributed by atoms with Crippen LogP contribution in [-0.4, -0.2) is 86.7 Å². The van der Waals surface area contributed by atoms with Gasteiger partial charge in [0.15, 0.2) is 0 Å². The van der Waals surface area contributed by atoms with Gasteiger partial charge >= 0.3 is 24.0 Å². The van der Waals surface area contributed by atoms with Crippen LogP contribution < -0.4 is 27.0 Å². The topological polar surface area (TPSA) is 195 Å². The minimum Gasteiger partial charge on any atom is -0.468 e. The molecule has 4 amide bonds. The van der Waals surface area contributed by atoms with Gasteiger partial charge in [0.1, 0.15) is 24.2 Å². The zero-order chi connectivity index (χ0) is 28.8. The number of halogens is 3. The predicted molar refractivity (Wildman–Crippen MR) is 121 cm³/mol. The normalized spacial score (nSPS) is 14.3. The van der Waals surface area contributed by atoms with E-state index in [4.69, 9.17) is 5.73 Å². The minimum absolute atomic E-state index is 0.0462. The number of hydrogen-bond donors (Lipinski definition) is 5. The summed E-state index contributed by atoms with van der Waals surface area (Å²) in [4.78, 5) is 71.0. The highest BCUT2D eigenvalue weighted by atomic mass is 19.4. The number of carbonyl (C=O) groups is 6. The molecule has 0 aromatic carbocycles. The van der Waals surface area contributed by atoms with Gasteiger partial charge in [0, 0.05) is 13.0 Å². The number of amides is 4. The van der Waals surface area contributed by atoms with E-state index in [0.29, 0.717) is 0 Å². The van der Waals surface area contributed by atoms with Crippen LogP contribution >= 0.6 is 0 Å². The van der Waals surface area contributed by atoms with Gasteiger partial charge in [-0.1, -0.05) is 0 Å². The largest absolute Gasteiger partial charge is 0.471 e. The fourth-order valence-corrected chi connectivity index (χ4v) is 2.82. The third kappa shape index (κ3) is 13.5. The van der Waals surface area contributed by atoms with Crippen LogP contribution in [0.15, 0.2) is 0 Å². The van der Waals surface area contributed by atoms with Crippen molar-refractivity contribution in [2.75, 3.05) is 20.8 Å². The summed E-state index contributed by atoms with van der Waals surface area (Å²) in [6, 6.07) is -4.38. The standard InChI is InChI=1S/C21H34F3N5O8/c1-11(16(31)28-12(2)18(33)36-3)27-17(32)14(7-5-6-10-26-20(35)21(22,23)24)29-15(30)9-8-13(25)19(34)37-4/h11-14H,5-10,25H2,1-4H3,(H,26,35)(H,27,32)(H,28,31)(H,29,30)/t11-,12-,13-,14+/m0/s1. The van der Waals surface area contributed by atoms with Crippen LogP contribution in [0.25, 0.3) is 0 Å². The number of methoxy groups -OCH3 is 2. The number of ether oxygens (including phenoxy) is 2. The molecule has 0 rings (SSSR count). The summed E-state index contributed by atoms with van der Waals surface area (Å²) in [6.45, 7) is 2.38. The number of carbonyl (C=O) groups excluding carboxylic acids is 6. The molecule has 0 aliphatic carbocycles. The third-order valence-corrected chi connectivity index (χ3v) is 4.97. The Morgan fingerprint density at radius 2 is 1.38 bits per heavy atom. The van der Waals surface area contributed by atoms with Crippen molar-refractivity contribution < 1.29 is 51.4 Å². The van der Waals surface area contributed by atoms with E-state index in [1.807, 2.05) is 0 Å². The zero-order valence-electron chi connectivity index (χ0n) is 21.0. The maximum Gasteiger partial charge on any atom is 0.471 e. The Balaban J connectivity index is 5.08. The molecule has 16 heteroatoms. The van der Waals surface area contributed by atoms with Gasteiger partial charge in [-0.05, 0) is 39.5 Å². The summed E-state index contributed by atoms with van der Waals surface area (Å²) in [5, 5.41) is 8.85. The smallest absolute Gasteiger partial charge is 0.468 e. The van der Waals surface area contributed by atoms with Gasteiger partial charge in [-0.25, -0.2) is 4.79 Å². The molecule has 0 aliphatic rings. The average Bonchev–Trinajstić information content (AvgIpc) is 2.83. The molecule has 0 bridgehead atoms. The van der Waals surface area contributed by atoms with Gasteiger partial charge in [-0.15, -0.1) is 0 Å². The first-order valence-corrected chi connectivity index (χ1v) is 11.3. The van der Waals surface area contributed by atoms with Gasteiger partial charge in [-0.3, -0.25) is 24.0 Å². The maximum atomic E-state index is 12.8. The molecule has 4 atom stereocenters. The highest BCUT2D eigenvalue weighted by Crippen LogP contribution is 2.14. The van der Waals surface area contributed by atoms with Crippen molar-refractivity contribution >= 4 is 35.6 Å². The molecule has 37 heavy (non-hydrogen) atoms. The van der Waals surface area contributed by atoms with Crippen LogP contribution in [0.1, 0.15) is 46.0 Å². The molecule has 13 nitrogen and oxygen atoms in total. The zero-order valence-corrected chi connectivity index (χ0v) is 21.0. The molecule has 0 saturated carbocycles. The van der Waals surface area contributed by atoms with Crippen molar-refractivity contribution in [3.63, 3.8) is 0 Å². The van der Waals surface area contributed by atoms with Crippen molar-refractivity contribution in [3.05, 3.63) is 0 Å². The van der Waals surface area contributed by atoms with Crippen LogP contribution in [0.5, 0.6) is 0 Å². The summed E-state index contributed by atoms with van der Waals surface area (Å²) < 4.78 is 45.7. The van der Waals surface area contributed by atoms with Crippen LogP contribution in [0.2, 0.25) is 0 Å². The summed E-state index contributed by atoms with van der Waals surface area (Å²) in [5.41, 5.74) is 5.58. The molecule has 0 heterocycles. The Kier molecular flexibility index (Phi) is 14.8. The molecule has 0 radical (unpaired) electrons. The van der Waals surface area contributed by atoms with E-state index in [1.54, 1.807) is 5.32 Å². The van der Waals surface area contributed by atoms with Gasteiger partial charge in [0.2, 0.25) is 17.7 Å². The minimum atomic E-state index is -5.02. The lowest BCUT2D eigenvalue weighted by atomic mass is 10.1. The maximum absolute atomic E-state index is 12.8. The van der Waals surface area contributed by atoms with E-state index in [9.17, 15) is 41.9 Å². The summed E-state index contributed by atoms with van der Waals surface area (Å²) in [5.74, 6) is -5.68. The van der Waals surface area contributed by atoms with Gasteiger partial charge in [0.25, 0.3) is 0 Å². The fourth-order valence-electron chi connectivity index (χ4n) is 2.82. The van der Waals surface area contributed by atoms with Crippen molar-refractivity contribution in [2.45, 2.75) is 76.3 Å². The third-order valence-electron chi connectivity index (χ3n) is 4.97. The Labute approximate surface area is 211 Å². The second-order valence-electron chi connectivity index (χ2n) is 8.02. The Morgan fingerprint density at radius 3 is 1.92 bits per heavy atom. The molecule has 0 fully saturated rings. The van der Waals surface area contributed by atoms with Gasteiger partial charge in [0.05, 0.1) is 14.2 Å². The SMILES string of the molecule is COC(=O)[C@H](C)NC(=O)[C@H](C)NC(=O)[C@@H](CCCCNC(=O)C(F)(F)F)NC(=O)CC[C@H](N)C(=O)OC. The fraction of sp³-hybridized carbons (Fsp3) is 0.714. The Morgan fingerprint density at radius 1 is 0.811 bits per heavy atom. The first-order valence-electron chi connectivity index (χ1n) is 11.3. The van der Waals surface area contributed by atoms with Crippen LogP contribution in [0.4, 0.5) is 13.2 Å². The molecule has 212 valence electrons. The molecular weight excluding hydrogens is 507 g/mol. The first-order chi connectivity index (χ1) is 17.1. The van der Waals surface area contributed by atoms with Crippen LogP contribution in [0, 0.1) is 0 Å². The van der Waals surface area contributed by atoms with Gasteiger partial charge in [-0.2, -0.15) is 13.2 Å². The molecule has 0 aliphatic heterocycles. The first kappa shape index (κ1) is 33.6. The number of esters is 2. The van der Waals surface area contributed by atoms with Crippen LogP contribution in [0.3, 0.4) is 0 Å². The van der Waals surface area contributed by atoms with E-state index in [0.717, 1.165) is 14.2 Å². The number of unbranched alkanes of at least 4 members (excludes halogenated alkanes) is 1. The Bertz CT molecular complexity index is 824. The lowest BCUT2D eigenvalue weighted by Gasteiger charge is -2.22. The molecule has 6 N–H and O–H groups in total. The van der Waals surface area contributed by atoms with Crippen LogP contribution in [-0.2, 0) is 38.2 Å². The Hall–Kier alpha value is -3.43. The summed E-state index contributed by atoms with van der Waals surface area (Å²) >= 11 is 0. The molecule has 0 aromatic rings. The number of rotatable bonds is 15. The number of nitrogens with two attached hydrogens (primary N) is 1. The average molecular weight is 542 g/mol. The highest BCUT2D eigenvalue weighted by Gasteiger charge is 2.38. The number of alkyl halides is 3. The van der Waals surface area contributed by atoms with Crippen molar-refractivity contribution in [1.29, 1.82) is 0 Å². The van der Waals surface area contributed by atoms with Gasteiger partial charge < -0.3 is 36.5 Å². The number of nitrogens with one attached hydrogen (secondary N) is 4. The number of hydrogen-bond acceptors (Lipinski definition) is 9. The lowest BCUT2D eigenvalue weighted by Crippen LogP contribution is -2.54.